The largest absolute Gasteiger partial charge is 0.673 e. The number of halogens is 5. The van der Waals surface area contributed by atoms with Crippen molar-refractivity contribution in [1.82, 2.24) is 0 Å². The Labute approximate surface area is 209 Å². The van der Waals surface area contributed by atoms with Crippen molar-refractivity contribution < 1.29 is 21.8 Å². The predicted octanol–water partition coefficient (Wildman–Crippen LogP) is 8.14. The van der Waals surface area contributed by atoms with E-state index in [4.69, 9.17) is 0 Å². The van der Waals surface area contributed by atoms with Crippen molar-refractivity contribution in [3.05, 3.63) is 108 Å². The zero-order valence-electron chi connectivity index (χ0n) is 18.6. The Kier molecular flexibility index (Phi) is 9.22. The summed E-state index contributed by atoms with van der Waals surface area (Å²) in [6.45, 7) is 6.38. The van der Waals surface area contributed by atoms with Crippen LogP contribution >= 0.6 is 24.0 Å². The van der Waals surface area contributed by atoms with Crippen molar-refractivity contribution in [3.8, 4) is 28.2 Å². The predicted molar refractivity (Wildman–Crippen MR) is 139 cm³/mol. The Bertz CT molecular complexity index is 1100. The van der Waals surface area contributed by atoms with Crippen LogP contribution in [-0.2, 0) is 0 Å². The SMILES string of the molecule is Cc1ccc(-c2cccc(-c3ccc(C)cc3)[n+]2-c2ccc(C)cc2)cc1.F[B-](F)(F)F.I. The van der Waals surface area contributed by atoms with Gasteiger partial charge in [0.1, 0.15) is 0 Å². The molecule has 172 valence electrons. The van der Waals surface area contributed by atoms with Gasteiger partial charge in [-0.2, -0.15) is 4.57 Å². The topological polar surface area (TPSA) is 3.88 Å². The van der Waals surface area contributed by atoms with Gasteiger partial charge < -0.3 is 17.3 Å². The molecule has 1 nitrogen and oxygen atoms in total. The van der Waals surface area contributed by atoms with Crippen molar-refractivity contribution in [2.24, 2.45) is 0 Å². The van der Waals surface area contributed by atoms with E-state index in [1.54, 1.807) is 0 Å². The van der Waals surface area contributed by atoms with Crippen LogP contribution in [0.3, 0.4) is 0 Å². The normalized spacial score (nSPS) is 10.6. The highest BCUT2D eigenvalue weighted by Crippen LogP contribution is 2.24. The van der Waals surface area contributed by atoms with Crippen molar-refractivity contribution in [1.29, 1.82) is 0 Å². The van der Waals surface area contributed by atoms with Crippen LogP contribution in [0.15, 0.2) is 91.0 Å². The van der Waals surface area contributed by atoms with E-state index in [2.05, 4.69) is 116 Å². The molecule has 0 saturated heterocycles. The van der Waals surface area contributed by atoms with Gasteiger partial charge in [-0.05, 0) is 51.1 Å². The molecule has 0 fully saturated rings. The highest BCUT2D eigenvalue weighted by Gasteiger charge is 2.22. The summed E-state index contributed by atoms with van der Waals surface area (Å²) in [7, 11) is -6.00. The first-order chi connectivity index (χ1) is 15.1. The number of pyridine rings is 1. The van der Waals surface area contributed by atoms with Crippen molar-refractivity contribution in [2.75, 3.05) is 0 Å². The number of rotatable bonds is 3. The smallest absolute Gasteiger partial charge is 0.418 e. The van der Waals surface area contributed by atoms with E-state index in [1.807, 2.05) is 0 Å². The molecule has 4 aromatic rings. The molecule has 0 bridgehead atoms. The standard InChI is InChI=1S/C26H24N.BF4.HI/c1-19-7-13-22(14-8-19)25-5-4-6-26(23-15-9-20(2)10-16-23)27(25)24-17-11-21(3)12-18-24;2-1(3,4)5;/h4-18H,1-3H3;;1H/q+1;-1;. The molecule has 0 atom stereocenters. The number of benzene rings is 3. The minimum absolute atomic E-state index is 0. The fraction of sp³-hybridized carbons (Fsp3) is 0.115. The molecule has 7 heteroatoms. The molecule has 1 aromatic heterocycles. The maximum Gasteiger partial charge on any atom is 0.673 e. The molecule has 3 aromatic carbocycles. The number of hydrogen-bond donors (Lipinski definition) is 0. The molecular weight excluding hydrogens is 540 g/mol. The summed E-state index contributed by atoms with van der Waals surface area (Å²) in [6.07, 6.45) is 0. The third kappa shape index (κ3) is 7.70. The maximum atomic E-state index is 9.75. The lowest BCUT2D eigenvalue weighted by Gasteiger charge is -2.10. The van der Waals surface area contributed by atoms with Gasteiger partial charge in [-0.3, -0.25) is 0 Å². The zero-order valence-corrected chi connectivity index (χ0v) is 20.9. The van der Waals surface area contributed by atoms with Gasteiger partial charge in [0.05, 0.1) is 0 Å². The van der Waals surface area contributed by atoms with E-state index in [9.17, 15) is 17.3 Å². The first-order valence-corrected chi connectivity index (χ1v) is 10.3. The van der Waals surface area contributed by atoms with Crippen LogP contribution < -0.4 is 4.57 Å². The maximum absolute atomic E-state index is 9.75. The number of aromatic nitrogens is 1. The van der Waals surface area contributed by atoms with Crippen LogP contribution in [0.5, 0.6) is 0 Å². The Morgan fingerprint density at radius 2 is 0.818 bits per heavy atom. The number of hydrogen-bond acceptors (Lipinski definition) is 0. The van der Waals surface area contributed by atoms with Gasteiger partial charge in [0.2, 0.25) is 17.1 Å². The van der Waals surface area contributed by atoms with E-state index in [1.165, 1.54) is 44.9 Å². The van der Waals surface area contributed by atoms with E-state index in [0.29, 0.717) is 0 Å². The van der Waals surface area contributed by atoms with Crippen LogP contribution in [0, 0.1) is 20.8 Å². The van der Waals surface area contributed by atoms with Crippen LogP contribution in [0.25, 0.3) is 28.2 Å². The Balaban J connectivity index is 0.000000583. The van der Waals surface area contributed by atoms with E-state index in [-0.39, 0.29) is 24.0 Å². The quantitative estimate of drug-likeness (QED) is 0.102. The van der Waals surface area contributed by atoms with Crippen LogP contribution in [0.2, 0.25) is 0 Å². The van der Waals surface area contributed by atoms with Gasteiger partial charge in [-0.25, -0.2) is 0 Å². The molecule has 0 aliphatic rings. The summed E-state index contributed by atoms with van der Waals surface area (Å²) in [5.74, 6) is 0. The minimum atomic E-state index is -6.00. The molecule has 0 N–H and O–H groups in total. The van der Waals surface area contributed by atoms with Gasteiger partial charge in [-0.15, -0.1) is 24.0 Å². The average molecular weight is 565 g/mol. The van der Waals surface area contributed by atoms with Gasteiger partial charge >= 0.3 is 7.25 Å². The number of aryl methyl sites for hydroxylation is 3. The molecule has 1 heterocycles. The van der Waals surface area contributed by atoms with E-state index >= 15 is 0 Å². The Morgan fingerprint density at radius 1 is 0.515 bits per heavy atom. The highest BCUT2D eigenvalue weighted by molar-refractivity contribution is 14.0. The van der Waals surface area contributed by atoms with Crippen molar-refractivity contribution in [2.45, 2.75) is 20.8 Å². The molecule has 0 saturated carbocycles. The first kappa shape index (κ1) is 26.6. The van der Waals surface area contributed by atoms with Crippen molar-refractivity contribution in [3.63, 3.8) is 0 Å². The monoisotopic (exact) mass is 565 g/mol. The molecule has 0 aliphatic heterocycles. The van der Waals surface area contributed by atoms with Gasteiger partial charge in [0.15, 0.2) is 0 Å². The third-order valence-electron chi connectivity index (χ3n) is 4.98. The summed E-state index contributed by atoms with van der Waals surface area (Å²) in [5, 5.41) is 0. The third-order valence-corrected chi connectivity index (χ3v) is 4.98. The molecule has 0 amide bonds. The van der Waals surface area contributed by atoms with E-state index in [0.717, 1.165) is 0 Å². The second kappa shape index (κ2) is 11.5. The molecular formula is C26H25BF4IN. The lowest BCUT2D eigenvalue weighted by molar-refractivity contribution is -0.572. The van der Waals surface area contributed by atoms with Crippen LogP contribution in [0.4, 0.5) is 17.3 Å². The summed E-state index contributed by atoms with van der Waals surface area (Å²) >= 11 is 0. The van der Waals surface area contributed by atoms with Crippen LogP contribution in [0.1, 0.15) is 16.7 Å². The van der Waals surface area contributed by atoms with Gasteiger partial charge in [0, 0.05) is 35.4 Å². The van der Waals surface area contributed by atoms with Crippen molar-refractivity contribution >= 4 is 31.2 Å². The molecule has 0 unspecified atom stereocenters. The first-order valence-electron chi connectivity index (χ1n) is 10.3. The van der Waals surface area contributed by atoms with Crippen LogP contribution in [-0.4, -0.2) is 7.25 Å². The second-order valence-corrected chi connectivity index (χ2v) is 7.69. The number of nitrogens with zero attached hydrogens (tertiary/aromatic N) is 1. The molecule has 0 spiro atoms. The van der Waals surface area contributed by atoms with E-state index < -0.39 is 7.25 Å². The molecule has 0 radical (unpaired) electrons. The van der Waals surface area contributed by atoms with Gasteiger partial charge in [0.25, 0.3) is 0 Å². The molecule has 33 heavy (non-hydrogen) atoms. The minimum Gasteiger partial charge on any atom is -0.418 e. The highest BCUT2D eigenvalue weighted by atomic mass is 127. The Morgan fingerprint density at radius 3 is 1.15 bits per heavy atom. The summed E-state index contributed by atoms with van der Waals surface area (Å²) in [4.78, 5) is 0. The summed E-state index contributed by atoms with van der Waals surface area (Å²) < 4.78 is 41.4. The lowest BCUT2D eigenvalue weighted by atomic mass is 10.0. The summed E-state index contributed by atoms with van der Waals surface area (Å²) in [5.41, 5.74) is 9.81. The van der Waals surface area contributed by atoms with Gasteiger partial charge in [-0.1, -0.05) is 53.1 Å². The fourth-order valence-corrected chi connectivity index (χ4v) is 3.38. The molecule has 4 rings (SSSR count). The summed E-state index contributed by atoms with van der Waals surface area (Å²) in [6, 6.07) is 32.8. The zero-order chi connectivity index (χ0) is 23.3. The Hall–Kier alpha value is -2.68. The average Bonchev–Trinajstić information content (AvgIpc) is 2.74. The second-order valence-electron chi connectivity index (χ2n) is 7.69. The lowest BCUT2D eigenvalue weighted by Crippen LogP contribution is -2.36. The molecule has 0 aliphatic carbocycles. The fourth-order valence-electron chi connectivity index (χ4n) is 3.38.